The lowest BCUT2D eigenvalue weighted by molar-refractivity contribution is -0.130. The number of aromatic nitrogens is 3. The van der Waals surface area contributed by atoms with Crippen molar-refractivity contribution in [3.8, 4) is 11.4 Å². The van der Waals surface area contributed by atoms with Crippen LogP contribution >= 0.6 is 0 Å². The normalized spacial score (nSPS) is 15.8. The summed E-state index contributed by atoms with van der Waals surface area (Å²) in [5, 5.41) is 5.27. The molecular formula is C18H21N5O2. The molecule has 3 heterocycles. The molecule has 1 aliphatic rings. The van der Waals surface area contributed by atoms with Crippen molar-refractivity contribution in [1.29, 1.82) is 0 Å². The first kappa shape index (κ1) is 15.8. The van der Waals surface area contributed by atoms with Gasteiger partial charge in [-0.3, -0.25) is 9.69 Å². The number of benzene rings is 1. The Hall–Kier alpha value is -2.67. The molecule has 4 rings (SSSR count). The lowest BCUT2D eigenvalue weighted by atomic mass is 10.1. The number of hydrogen-bond donors (Lipinski definition) is 1. The maximum absolute atomic E-state index is 11.4. The molecule has 0 spiro atoms. The Bertz CT molecular complexity index is 876. The van der Waals surface area contributed by atoms with E-state index < -0.39 is 0 Å². The number of nitrogens with zero attached hydrogens (tertiary/aromatic N) is 4. The van der Waals surface area contributed by atoms with Crippen molar-refractivity contribution in [2.75, 3.05) is 32.7 Å². The van der Waals surface area contributed by atoms with E-state index in [0.717, 1.165) is 55.6 Å². The van der Waals surface area contributed by atoms with Crippen molar-refractivity contribution in [2.45, 2.75) is 13.3 Å². The number of aromatic amines is 1. The maximum Gasteiger partial charge on any atom is 0.228 e. The van der Waals surface area contributed by atoms with Crippen LogP contribution in [0.1, 0.15) is 12.8 Å². The molecule has 1 amide bonds. The summed E-state index contributed by atoms with van der Waals surface area (Å²) < 4.78 is 5.40. The third kappa shape index (κ3) is 3.41. The zero-order valence-corrected chi connectivity index (χ0v) is 14.2. The van der Waals surface area contributed by atoms with E-state index in [1.807, 2.05) is 35.4 Å². The van der Waals surface area contributed by atoms with Gasteiger partial charge in [-0.15, -0.1) is 0 Å². The summed E-state index contributed by atoms with van der Waals surface area (Å²) in [6.45, 7) is 5.86. The molecule has 1 N–H and O–H groups in total. The number of carbonyl (C=O) groups excluding carboxylic acids is 1. The molecule has 130 valence electrons. The molecule has 0 atom stereocenters. The molecule has 3 aromatic rings. The summed E-state index contributed by atoms with van der Waals surface area (Å²) in [7, 11) is 0. The standard InChI is InChI=1S/C18H21N5O2/c1-13(24)23-10-8-22(9-11-23)7-5-17-20-18(21-25-17)15-3-2-14-4-6-19-16(14)12-15/h2-4,6,12,19H,5,7-11H2,1H3. The number of fused-ring (bicyclic) bond motifs is 1. The molecule has 1 saturated heterocycles. The molecule has 2 aromatic heterocycles. The lowest BCUT2D eigenvalue weighted by Gasteiger charge is -2.33. The smallest absolute Gasteiger partial charge is 0.228 e. The average Bonchev–Trinajstić information content (AvgIpc) is 3.28. The van der Waals surface area contributed by atoms with Crippen LogP contribution in [0.2, 0.25) is 0 Å². The molecule has 0 saturated carbocycles. The van der Waals surface area contributed by atoms with Gasteiger partial charge in [0.1, 0.15) is 0 Å². The van der Waals surface area contributed by atoms with Gasteiger partial charge in [0.2, 0.25) is 17.6 Å². The van der Waals surface area contributed by atoms with Crippen LogP contribution in [0.15, 0.2) is 35.0 Å². The van der Waals surface area contributed by atoms with E-state index in [-0.39, 0.29) is 5.91 Å². The highest BCUT2D eigenvalue weighted by molar-refractivity contribution is 5.83. The molecule has 0 bridgehead atoms. The minimum Gasteiger partial charge on any atom is -0.361 e. The Labute approximate surface area is 145 Å². The zero-order valence-electron chi connectivity index (χ0n) is 14.2. The van der Waals surface area contributed by atoms with Crippen LogP contribution in [-0.4, -0.2) is 63.6 Å². The van der Waals surface area contributed by atoms with Crippen LogP contribution in [-0.2, 0) is 11.2 Å². The Morgan fingerprint density at radius 2 is 2.08 bits per heavy atom. The number of amides is 1. The predicted octanol–water partition coefficient (Wildman–Crippen LogP) is 1.92. The first-order valence-electron chi connectivity index (χ1n) is 8.57. The van der Waals surface area contributed by atoms with Gasteiger partial charge in [-0.25, -0.2) is 0 Å². The average molecular weight is 339 g/mol. The maximum atomic E-state index is 11.4. The highest BCUT2D eigenvalue weighted by atomic mass is 16.5. The van der Waals surface area contributed by atoms with Gasteiger partial charge < -0.3 is 14.4 Å². The summed E-state index contributed by atoms with van der Waals surface area (Å²) in [4.78, 5) is 23.3. The number of piperazine rings is 1. The van der Waals surface area contributed by atoms with E-state index in [1.165, 1.54) is 0 Å². The molecule has 0 unspecified atom stereocenters. The van der Waals surface area contributed by atoms with Crippen LogP contribution in [0.4, 0.5) is 0 Å². The van der Waals surface area contributed by atoms with Crippen LogP contribution < -0.4 is 0 Å². The van der Waals surface area contributed by atoms with Gasteiger partial charge in [0.25, 0.3) is 0 Å². The SMILES string of the molecule is CC(=O)N1CCN(CCc2nc(-c3ccc4cc[nH]c4c3)no2)CC1. The van der Waals surface area contributed by atoms with Crippen LogP contribution in [0.3, 0.4) is 0 Å². The fraction of sp³-hybridized carbons (Fsp3) is 0.389. The fourth-order valence-corrected chi connectivity index (χ4v) is 3.20. The molecule has 1 aromatic carbocycles. The van der Waals surface area contributed by atoms with Crippen molar-refractivity contribution in [3.63, 3.8) is 0 Å². The molecule has 7 nitrogen and oxygen atoms in total. The second-order valence-corrected chi connectivity index (χ2v) is 6.39. The van der Waals surface area contributed by atoms with Crippen LogP contribution in [0.5, 0.6) is 0 Å². The molecular weight excluding hydrogens is 318 g/mol. The number of carbonyl (C=O) groups is 1. The first-order valence-corrected chi connectivity index (χ1v) is 8.57. The van der Waals surface area contributed by atoms with Gasteiger partial charge in [-0.05, 0) is 17.5 Å². The minimum atomic E-state index is 0.153. The molecule has 7 heteroatoms. The summed E-state index contributed by atoms with van der Waals surface area (Å²) in [5.74, 6) is 1.42. The topological polar surface area (TPSA) is 78.3 Å². The number of hydrogen-bond acceptors (Lipinski definition) is 5. The zero-order chi connectivity index (χ0) is 17.2. The summed E-state index contributed by atoms with van der Waals surface area (Å²) in [6.07, 6.45) is 2.64. The molecule has 1 fully saturated rings. The highest BCUT2D eigenvalue weighted by Gasteiger charge is 2.19. The minimum absolute atomic E-state index is 0.153. The largest absolute Gasteiger partial charge is 0.361 e. The second kappa shape index (κ2) is 6.68. The van der Waals surface area contributed by atoms with E-state index in [0.29, 0.717) is 11.7 Å². The number of nitrogens with one attached hydrogen (secondary N) is 1. The molecule has 1 aliphatic heterocycles. The highest BCUT2D eigenvalue weighted by Crippen LogP contribution is 2.21. The van der Waals surface area contributed by atoms with Crippen molar-refractivity contribution < 1.29 is 9.32 Å². The van der Waals surface area contributed by atoms with Gasteiger partial charge >= 0.3 is 0 Å². The van der Waals surface area contributed by atoms with Gasteiger partial charge in [-0.1, -0.05) is 17.3 Å². The predicted molar refractivity (Wildman–Crippen MR) is 94.0 cm³/mol. The number of rotatable bonds is 4. The Kier molecular flexibility index (Phi) is 4.23. The van der Waals surface area contributed by atoms with Gasteiger partial charge in [0.15, 0.2) is 0 Å². The fourth-order valence-electron chi connectivity index (χ4n) is 3.20. The van der Waals surface area contributed by atoms with Crippen molar-refractivity contribution in [1.82, 2.24) is 24.9 Å². The Morgan fingerprint density at radius 3 is 2.88 bits per heavy atom. The monoisotopic (exact) mass is 339 g/mol. The molecule has 25 heavy (non-hydrogen) atoms. The third-order valence-electron chi connectivity index (χ3n) is 4.74. The quantitative estimate of drug-likeness (QED) is 0.786. The summed E-state index contributed by atoms with van der Waals surface area (Å²) >= 11 is 0. The lowest BCUT2D eigenvalue weighted by Crippen LogP contribution is -2.48. The van der Waals surface area contributed by atoms with Crippen molar-refractivity contribution in [2.24, 2.45) is 0 Å². The Morgan fingerprint density at radius 1 is 1.24 bits per heavy atom. The van der Waals surface area contributed by atoms with E-state index in [9.17, 15) is 4.79 Å². The van der Waals surface area contributed by atoms with Gasteiger partial charge in [-0.2, -0.15) is 4.98 Å². The molecule has 0 aliphatic carbocycles. The molecule has 0 radical (unpaired) electrons. The van der Waals surface area contributed by atoms with E-state index >= 15 is 0 Å². The van der Waals surface area contributed by atoms with E-state index in [1.54, 1.807) is 6.92 Å². The summed E-state index contributed by atoms with van der Waals surface area (Å²) in [6, 6.07) is 8.12. The third-order valence-corrected chi connectivity index (χ3v) is 4.74. The van der Waals surface area contributed by atoms with E-state index in [4.69, 9.17) is 4.52 Å². The number of H-pyrrole nitrogens is 1. The first-order chi connectivity index (χ1) is 12.2. The van der Waals surface area contributed by atoms with Crippen LogP contribution in [0.25, 0.3) is 22.3 Å². The second-order valence-electron chi connectivity index (χ2n) is 6.39. The summed E-state index contributed by atoms with van der Waals surface area (Å²) in [5.41, 5.74) is 2.01. The van der Waals surface area contributed by atoms with E-state index in [2.05, 4.69) is 20.0 Å². The van der Waals surface area contributed by atoms with Gasteiger partial charge in [0, 0.05) is 63.3 Å². The Balaban J connectivity index is 1.36. The van der Waals surface area contributed by atoms with Crippen LogP contribution in [0, 0.1) is 0 Å². The van der Waals surface area contributed by atoms with Gasteiger partial charge in [0.05, 0.1) is 0 Å². The van der Waals surface area contributed by atoms with Crippen molar-refractivity contribution >= 4 is 16.8 Å². The van der Waals surface area contributed by atoms with Crippen molar-refractivity contribution in [3.05, 3.63) is 36.4 Å².